The van der Waals surface area contributed by atoms with Crippen LogP contribution < -0.4 is 15.4 Å². The lowest BCUT2D eigenvalue weighted by Crippen LogP contribution is -2.48. The van der Waals surface area contributed by atoms with Crippen LogP contribution in [-0.4, -0.2) is 55.0 Å². The van der Waals surface area contributed by atoms with Crippen LogP contribution in [0.3, 0.4) is 0 Å². The summed E-state index contributed by atoms with van der Waals surface area (Å²) in [5.74, 6) is -4.55. The number of anilines is 1. The lowest BCUT2D eigenvalue weighted by molar-refractivity contribution is -0.138. The first-order valence-corrected chi connectivity index (χ1v) is 16.3. The average Bonchev–Trinajstić information content (AvgIpc) is 3.59. The van der Waals surface area contributed by atoms with Crippen molar-refractivity contribution in [3.8, 4) is 16.9 Å². The first kappa shape index (κ1) is 32.4. The molecule has 3 N–H and O–H groups in total. The molecule has 10 nitrogen and oxygen atoms in total. The highest BCUT2D eigenvalue weighted by molar-refractivity contribution is 7.92. The van der Waals surface area contributed by atoms with E-state index in [1.165, 1.54) is 25.4 Å². The zero-order valence-electron chi connectivity index (χ0n) is 24.8. The molecule has 0 aliphatic heterocycles. The molecule has 2 bridgehead atoms. The molecule has 2 amide bonds. The Bertz CT molecular complexity index is 1870. The number of methoxy groups -OCH3 is 1. The number of nitrogens with zero attached hydrogens (tertiary/aromatic N) is 1. The van der Waals surface area contributed by atoms with Gasteiger partial charge in [0.25, 0.3) is 15.7 Å². The number of carbonyl (C=O) groups excluding carboxylic acids is 2. The van der Waals surface area contributed by atoms with Crippen molar-refractivity contribution in [2.75, 3.05) is 12.4 Å². The van der Waals surface area contributed by atoms with Gasteiger partial charge in [0, 0.05) is 46.7 Å². The van der Waals surface area contributed by atoms with Gasteiger partial charge in [0.05, 0.1) is 29.4 Å². The number of aliphatic carboxylic acids is 1. The van der Waals surface area contributed by atoms with Gasteiger partial charge in [-0.1, -0.05) is 12.1 Å². The van der Waals surface area contributed by atoms with Gasteiger partial charge < -0.3 is 20.5 Å². The van der Waals surface area contributed by atoms with Gasteiger partial charge in [-0.25, -0.2) is 12.8 Å². The highest BCUT2D eigenvalue weighted by atomic mass is 32.2. The molecule has 3 aromatic rings. The molecule has 0 spiro atoms. The molecule has 0 radical (unpaired) electrons. The molecule has 15 heteroatoms. The average molecular weight is 676 g/mol. The topological polar surface area (TPSA) is 152 Å². The standard InChI is InChI=1S/C32H29F4N3O7S/c1-46-26-13-24(33)20(17-7-8-25(37-14-17)21-12-22(21)31(42)43)11-23(26)29(40)39-28-16-6-5-15(9-16)27(28)30(41)38-18-3-2-4-19(10-18)47(44,45)32(34,35)36/h2-4,7-8,10-11,13-16,21-22,27-28H,5-6,9,12H2,1H3,(H,38,41)(H,39,40)(H,42,43)/t15-,16+,21+,22+,27+,28-/m1/s1. The van der Waals surface area contributed by atoms with E-state index in [4.69, 9.17) is 4.74 Å². The van der Waals surface area contributed by atoms with Crippen LogP contribution >= 0.6 is 0 Å². The fourth-order valence-electron chi connectivity index (χ4n) is 6.91. The third-order valence-electron chi connectivity index (χ3n) is 9.35. The third kappa shape index (κ3) is 6.03. The number of carboxylic acids is 1. The van der Waals surface area contributed by atoms with E-state index >= 15 is 4.39 Å². The minimum atomic E-state index is -5.63. The number of ether oxygens (including phenoxy) is 1. The van der Waals surface area contributed by atoms with Gasteiger partial charge in [0.15, 0.2) is 0 Å². The lowest BCUT2D eigenvalue weighted by atomic mass is 9.83. The summed E-state index contributed by atoms with van der Waals surface area (Å²) in [6.07, 6.45) is 3.92. The first-order chi connectivity index (χ1) is 22.2. The Labute approximate surface area is 266 Å². The second-order valence-electron chi connectivity index (χ2n) is 12.1. The van der Waals surface area contributed by atoms with E-state index in [2.05, 4.69) is 15.6 Å². The number of amides is 2. The van der Waals surface area contributed by atoms with Crippen LogP contribution in [0.5, 0.6) is 5.75 Å². The van der Waals surface area contributed by atoms with E-state index in [0.717, 1.165) is 30.7 Å². The van der Waals surface area contributed by atoms with Gasteiger partial charge >= 0.3 is 11.5 Å². The number of nitrogens with one attached hydrogen (secondary N) is 2. The zero-order chi connectivity index (χ0) is 33.8. The van der Waals surface area contributed by atoms with Crippen molar-refractivity contribution in [1.29, 1.82) is 0 Å². The van der Waals surface area contributed by atoms with Crippen molar-refractivity contribution in [1.82, 2.24) is 10.3 Å². The van der Waals surface area contributed by atoms with Crippen molar-refractivity contribution in [2.24, 2.45) is 23.7 Å². The molecular formula is C32H29F4N3O7S. The molecule has 3 aliphatic rings. The first-order valence-electron chi connectivity index (χ1n) is 14.8. The molecule has 2 aromatic carbocycles. The van der Waals surface area contributed by atoms with Crippen molar-refractivity contribution in [3.05, 3.63) is 71.8 Å². The van der Waals surface area contributed by atoms with E-state index in [-0.39, 0.29) is 40.3 Å². The van der Waals surface area contributed by atoms with Gasteiger partial charge in [-0.05, 0) is 67.9 Å². The Kier molecular flexibility index (Phi) is 8.22. The van der Waals surface area contributed by atoms with Gasteiger partial charge in [-0.3, -0.25) is 19.4 Å². The number of pyridine rings is 1. The Balaban J connectivity index is 1.22. The summed E-state index contributed by atoms with van der Waals surface area (Å²) in [7, 11) is -4.36. The summed E-state index contributed by atoms with van der Waals surface area (Å²) in [6, 6.07) is 8.82. The van der Waals surface area contributed by atoms with Gasteiger partial charge in [0.1, 0.15) is 11.6 Å². The highest BCUT2D eigenvalue weighted by Crippen LogP contribution is 2.49. The minimum absolute atomic E-state index is 0.00639. The number of carboxylic acid groups (broad SMARTS) is 1. The van der Waals surface area contributed by atoms with Gasteiger partial charge in [0.2, 0.25) is 5.91 Å². The van der Waals surface area contributed by atoms with Crippen LogP contribution in [0.25, 0.3) is 11.1 Å². The van der Waals surface area contributed by atoms with Crippen LogP contribution in [0, 0.1) is 29.5 Å². The predicted molar refractivity (Wildman–Crippen MR) is 159 cm³/mol. The molecule has 0 unspecified atom stereocenters. The number of carbonyl (C=O) groups is 3. The van der Waals surface area contributed by atoms with Crippen molar-refractivity contribution >= 4 is 33.3 Å². The third-order valence-corrected chi connectivity index (χ3v) is 10.8. The Hall–Kier alpha value is -4.53. The molecule has 248 valence electrons. The summed E-state index contributed by atoms with van der Waals surface area (Å²) in [6.45, 7) is 0. The maximum absolute atomic E-state index is 15.2. The summed E-state index contributed by atoms with van der Waals surface area (Å²) in [5.41, 5.74) is -4.69. The van der Waals surface area contributed by atoms with E-state index in [0.29, 0.717) is 30.5 Å². The van der Waals surface area contributed by atoms with Gasteiger partial charge in [-0.2, -0.15) is 13.2 Å². The van der Waals surface area contributed by atoms with Crippen molar-refractivity contribution in [2.45, 2.75) is 48.0 Å². The summed E-state index contributed by atoms with van der Waals surface area (Å²) in [5, 5.41) is 14.6. The van der Waals surface area contributed by atoms with Crippen molar-refractivity contribution in [3.63, 3.8) is 0 Å². The SMILES string of the molecule is COc1cc(F)c(-c2ccc([C@H]3C[C@@H]3C(=O)O)nc2)cc1C(=O)N[C@@H]1[C@H]2CC[C@H](C2)[C@@H]1C(=O)Nc1cccc(S(=O)(=O)C(F)(F)F)c1. The van der Waals surface area contributed by atoms with Crippen LogP contribution in [0.4, 0.5) is 23.2 Å². The molecule has 1 heterocycles. The Morgan fingerprint density at radius 1 is 1.02 bits per heavy atom. The van der Waals surface area contributed by atoms with E-state index in [1.807, 2.05) is 0 Å². The zero-order valence-corrected chi connectivity index (χ0v) is 25.6. The lowest BCUT2D eigenvalue weighted by Gasteiger charge is -2.31. The summed E-state index contributed by atoms with van der Waals surface area (Å²) >= 11 is 0. The van der Waals surface area contributed by atoms with E-state index in [9.17, 15) is 41.1 Å². The van der Waals surface area contributed by atoms with Crippen molar-refractivity contribution < 1.29 is 50.2 Å². The number of sulfone groups is 1. The number of alkyl halides is 3. The molecule has 6 atom stereocenters. The van der Waals surface area contributed by atoms with Crippen LogP contribution in [0.1, 0.15) is 47.7 Å². The number of fused-ring (bicyclic) bond motifs is 2. The smallest absolute Gasteiger partial charge is 0.496 e. The molecule has 3 saturated carbocycles. The summed E-state index contributed by atoms with van der Waals surface area (Å²) in [4.78, 5) is 41.7. The normalized spacial score (nSPS) is 24.9. The largest absolute Gasteiger partial charge is 0.501 e. The molecule has 3 fully saturated rings. The minimum Gasteiger partial charge on any atom is -0.496 e. The van der Waals surface area contributed by atoms with Crippen LogP contribution in [0.15, 0.2) is 59.6 Å². The molecule has 0 saturated heterocycles. The maximum Gasteiger partial charge on any atom is 0.501 e. The number of benzene rings is 2. The van der Waals surface area contributed by atoms with E-state index in [1.54, 1.807) is 12.1 Å². The van der Waals surface area contributed by atoms with E-state index < -0.39 is 61.7 Å². The number of hydrogen-bond acceptors (Lipinski definition) is 7. The number of halogens is 4. The van der Waals surface area contributed by atoms with Crippen LogP contribution in [-0.2, 0) is 19.4 Å². The fourth-order valence-corrected chi connectivity index (χ4v) is 7.71. The molecule has 3 aliphatic carbocycles. The summed E-state index contributed by atoms with van der Waals surface area (Å²) < 4.78 is 83.5. The predicted octanol–water partition coefficient (Wildman–Crippen LogP) is 5.16. The highest BCUT2D eigenvalue weighted by Gasteiger charge is 2.52. The van der Waals surface area contributed by atoms with Crippen LogP contribution in [0.2, 0.25) is 0 Å². The number of hydrogen-bond donors (Lipinski definition) is 3. The second kappa shape index (κ2) is 11.9. The molecule has 1 aromatic heterocycles. The second-order valence-corrected chi connectivity index (χ2v) is 14.1. The fraction of sp³-hybridized carbons (Fsp3) is 0.375. The number of rotatable bonds is 9. The maximum atomic E-state index is 15.2. The molecule has 47 heavy (non-hydrogen) atoms. The molecule has 6 rings (SSSR count). The van der Waals surface area contributed by atoms with Gasteiger partial charge in [-0.15, -0.1) is 0 Å². The molecular weight excluding hydrogens is 646 g/mol. The number of aromatic nitrogens is 1. The quantitative estimate of drug-likeness (QED) is 0.263. The monoisotopic (exact) mass is 675 g/mol. The Morgan fingerprint density at radius 2 is 1.77 bits per heavy atom. The Morgan fingerprint density at radius 3 is 2.40 bits per heavy atom.